The number of hydrazone groups is 1. The number of rotatable bonds is 6. The van der Waals surface area contributed by atoms with Gasteiger partial charge < -0.3 is 20.6 Å². The van der Waals surface area contributed by atoms with Crippen LogP contribution in [0.2, 0.25) is 0 Å². The van der Waals surface area contributed by atoms with Gasteiger partial charge >= 0.3 is 0 Å². The van der Waals surface area contributed by atoms with Crippen molar-refractivity contribution in [2.24, 2.45) is 10.9 Å². The number of nitrogens with zero attached hydrogens (tertiary/aromatic N) is 1. The Labute approximate surface area is 157 Å². The maximum absolute atomic E-state index is 14.0. The van der Waals surface area contributed by atoms with Gasteiger partial charge in [-0.3, -0.25) is 0 Å². The third-order valence-corrected chi connectivity index (χ3v) is 3.95. The van der Waals surface area contributed by atoms with Gasteiger partial charge in [0.15, 0.2) is 12.6 Å². The quantitative estimate of drug-likeness (QED) is 0.226. The molecule has 0 aromatic heterocycles. The molecule has 3 N–H and O–H groups in total. The Morgan fingerprint density at radius 3 is 2.37 bits per heavy atom. The van der Waals surface area contributed by atoms with Crippen molar-refractivity contribution >= 4 is 11.5 Å². The second-order valence-electron chi connectivity index (χ2n) is 5.68. The van der Waals surface area contributed by atoms with Gasteiger partial charge in [-0.1, -0.05) is 54.6 Å². The number of halogens is 1. The third kappa shape index (κ3) is 4.24. The summed E-state index contributed by atoms with van der Waals surface area (Å²) in [5.74, 6) is 6.24. The van der Waals surface area contributed by atoms with Gasteiger partial charge in [0.05, 0.1) is 5.69 Å². The lowest BCUT2D eigenvalue weighted by atomic mass is 9.98. The highest BCUT2D eigenvalue weighted by Gasteiger charge is 2.15. The van der Waals surface area contributed by atoms with E-state index in [0.717, 1.165) is 16.7 Å². The molecule has 5 nitrogen and oxygen atoms in total. The van der Waals surface area contributed by atoms with Crippen LogP contribution >= 0.6 is 0 Å². The lowest BCUT2D eigenvalue weighted by Gasteiger charge is -2.16. The number of methoxy groups -OCH3 is 1. The fourth-order valence-corrected chi connectivity index (χ4v) is 2.72. The Hall–Kier alpha value is -3.38. The molecule has 0 aliphatic carbocycles. The summed E-state index contributed by atoms with van der Waals surface area (Å²) in [7, 11) is 1.56. The number of hydrogen-bond acceptors (Lipinski definition) is 4. The molecule has 0 spiro atoms. The molecule has 0 atom stereocenters. The van der Waals surface area contributed by atoms with Gasteiger partial charge in [-0.2, -0.15) is 5.10 Å². The summed E-state index contributed by atoms with van der Waals surface area (Å²) < 4.78 is 24.7. The molecule has 6 heteroatoms. The number of nitrogens with one attached hydrogen (secondary N) is 1. The predicted molar refractivity (Wildman–Crippen MR) is 105 cm³/mol. The van der Waals surface area contributed by atoms with E-state index in [1.54, 1.807) is 25.3 Å². The summed E-state index contributed by atoms with van der Waals surface area (Å²) in [6, 6.07) is 21.5. The lowest BCUT2D eigenvalue weighted by molar-refractivity contribution is 0.0515. The average molecular weight is 365 g/mol. The molecule has 3 aromatic carbocycles. The first-order valence-corrected chi connectivity index (χ1v) is 8.34. The van der Waals surface area contributed by atoms with Gasteiger partial charge in [-0.05, 0) is 23.8 Å². The normalized spacial score (nSPS) is 11.3. The minimum Gasteiger partial charge on any atom is -0.467 e. The maximum Gasteiger partial charge on any atom is 0.188 e. The first-order valence-electron chi connectivity index (χ1n) is 8.34. The number of para-hydroxylation sites is 2. The van der Waals surface area contributed by atoms with Crippen molar-refractivity contribution in [2.45, 2.75) is 0 Å². The minimum absolute atomic E-state index is 0.129. The molecule has 0 saturated heterocycles. The number of ether oxygens (including phenoxy) is 2. The van der Waals surface area contributed by atoms with Crippen molar-refractivity contribution in [3.8, 4) is 16.9 Å². The van der Waals surface area contributed by atoms with Gasteiger partial charge in [-0.15, -0.1) is 0 Å². The zero-order valence-corrected chi connectivity index (χ0v) is 14.9. The molecule has 0 bridgehead atoms. The molecular weight excluding hydrogens is 345 g/mol. The Morgan fingerprint density at radius 1 is 0.963 bits per heavy atom. The number of benzene rings is 3. The van der Waals surface area contributed by atoms with Gasteiger partial charge in [0.2, 0.25) is 0 Å². The van der Waals surface area contributed by atoms with Crippen molar-refractivity contribution in [3.05, 3.63) is 84.2 Å². The largest absolute Gasteiger partial charge is 0.467 e. The highest BCUT2D eigenvalue weighted by molar-refractivity contribution is 6.12. The van der Waals surface area contributed by atoms with Crippen LogP contribution in [0.4, 0.5) is 10.1 Å². The lowest BCUT2D eigenvalue weighted by Crippen LogP contribution is -2.17. The molecule has 0 fully saturated rings. The number of amidine groups is 1. The zero-order chi connectivity index (χ0) is 19.1. The molecule has 0 unspecified atom stereocenters. The Bertz CT molecular complexity index is 944. The van der Waals surface area contributed by atoms with Crippen LogP contribution < -0.4 is 15.9 Å². The fourth-order valence-electron chi connectivity index (χ4n) is 2.72. The smallest absolute Gasteiger partial charge is 0.188 e. The van der Waals surface area contributed by atoms with Gasteiger partial charge in [-0.25, -0.2) is 4.39 Å². The van der Waals surface area contributed by atoms with Crippen LogP contribution in [-0.2, 0) is 4.74 Å². The van der Waals surface area contributed by atoms with Crippen LogP contribution in [0.5, 0.6) is 5.75 Å². The average Bonchev–Trinajstić information content (AvgIpc) is 2.72. The Morgan fingerprint density at radius 2 is 1.63 bits per heavy atom. The van der Waals surface area contributed by atoms with Gasteiger partial charge in [0.25, 0.3) is 0 Å². The van der Waals surface area contributed by atoms with E-state index in [4.69, 9.17) is 15.3 Å². The summed E-state index contributed by atoms with van der Waals surface area (Å²) >= 11 is 0. The summed E-state index contributed by atoms with van der Waals surface area (Å²) in [6.07, 6.45) is 0. The van der Waals surface area contributed by atoms with Crippen LogP contribution in [-0.4, -0.2) is 19.7 Å². The van der Waals surface area contributed by atoms with Crippen molar-refractivity contribution in [2.75, 3.05) is 19.2 Å². The van der Waals surface area contributed by atoms with Crippen LogP contribution in [0.1, 0.15) is 5.56 Å². The molecule has 0 amide bonds. The number of anilines is 1. The summed E-state index contributed by atoms with van der Waals surface area (Å²) in [6.45, 7) is 0.129. The SMILES string of the molecule is COCOc1ccccc1-c1ccccc1/C(=N/N)Nc1ccccc1F. The molecule has 0 radical (unpaired) electrons. The molecule has 27 heavy (non-hydrogen) atoms. The fraction of sp³-hybridized carbons (Fsp3) is 0.0952. The first kappa shape index (κ1) is 18.4. The molecule has 0 aliphatic rings. The van der Waals surface area contributed by atoms with Crippen molar-refractivity contribution in [1.29, 1.82) is 0 Å². The summed E-state index contributed by atoms with van der Waals surface area (Å²) in [5, 5.41) is 6.82. The van der Waals surface area contributed by atoms with E-state index in [1.165, 1.54) is 6.07 Å². The molecule has 3 rings (SSSR count). The van der Waals surface area contributed by atoms with E-state index in [-0.39, 0.29) is 12.6 Å². The van der Waals surface area contributed by atoms with Gasteiger partial charge in [0.1, 0.15) is 11.6 Å². The number of hydrogen-bond donors (Lipinski definition) is 2. The molecular formula is C21H20FN3O2. The van der Waals surface area contributed by atoms with E-state index in [9.17, 15) is 4.39 Å². The molecule has 0 saturated carbocycles. The number of nitrogens with two attached hydrogens (primary N) is 1. The summed E-state index contributed by atoms with van der Waals surface area (Å²) in [5.41, 5.74) is 2.70. The molecule has 0 aliphatic heterocycles. The van der Waals surface area contributed by atoms with E-state index in [1.807, 2.05) is 48.5 Å². The van der Waals surface area contributed by atoms with Crippen molar-refractivity contribution < 1.29 is 13.9 Å². The van der Waals surface area contributed by atoms with Crippen LogP contribution in [0.3, 0.4) is 0 Å². The van der Waals surface area contributed by atoms with E-state index in [0.29, 0.717) is 17.3 Å². The van der Waals surface area contributed by atoms with Crippen molar-refractivity contribution in [3.63, 3.8) is 0 Å². The first-order chi connectivity index (χ1) is 13.2. The topological polar surface area (TPSA) is 68.9 Å². The monoisotopic (exact) mass is 365 g/mol. The second kappa shape index (κ2) is 8.82. The Balaban J connectivity index is 2.03. The Kier molecular flexibility index (Phi) is 6.02. The second-order valence-corrected chi connectivity index (χ2v) is 5.68. The highest BCUT2D eigenvalue weighted by atomic mass is 19.1. The van der Waals surface area contributed by atoms with E-state index in [2.05, 4.69) is 10.4 Å². The van der Waals surface area contributed by atoms with Crippen LogP contribution in [0.15, 0.2) is 77.9 Å². The standard InChI is InChI=1S/C21H20FN3O2/c1-26-14-27-20-13-7-4-9-16(20)15-8-2-3-10-17(15)21(25-23)24-19-12-6-5-11-18(19)22/h2-13H,14,23H2,1H3,(H,24,25). The van der Waals surface area contributed by atoms with Crippen LogP contribution in [0, 0.1) is 5.82 Å². The third-order valence-electron chi connectivity index (χ3n) is 3.95. The maximum atomic E-state index is 14.0. The van der Waals surface area contributed by atoms with Crippen molar-refractivity contribution in [1.82, 2.24) is 0 Å². The molecule has 138 valence electrons. The summed E-state index contributed by atoms with van der Waals surface area (Å²) in [4.78, 5) is 0. The zero-order valence-electron chi connectivity index (χ0n) is 14.9. The highest BCUT2D eigenvalue weighted by Crippen LogP contribution is 2.33. The van der Waals surface area contributed by atoms with E-state index < -0.39 is 0 Å². The molecule has 3 aromatic rings. The molecule has 0 heterocycles. The van der Waals surface area contributed by atoms with Crippen LogP contribution in [0.25, 0.3) is 11.1 Å². The minimum atomic E-state index is -0.389. The predicted octanol–water partition coefficient (Wildman–Crippen LogP) is 4.21. The van der Waals surface area contributed by atoms with Gasteiger partial charge in [0, 0.05) is 18.2 Å². The van der Waals surface area contributed by atoms with E-state index >= 15 is 0 Å².